The molecule has 2 heterocycles. The third kappa shape index (κ3) is 8.27. The lowest BCUT2D eigenvalue weighted by Crippen LogP contribution is -2.23. The number of halogens is 5. The van der Waals surface area contributed by atoms with E-state index in [4.69, 9.17) is 0 Å². The fourth-order valence-electron chi connectivity index (χ4n) is 5.79. The van der Waals surface area contributed by atoms with Crippen molar-refractivity contribution in [2.24, 2.45) is 0 Å². The molecule has 0 fully saturated rings. The number of ether oxygens (including phenoxy) is 1. The Hall–Kier alpha value is -5.66. The molecule has 0 bridgehead atoms. The zero-order valence-electron chi connectivity index (χ0n) is 27.5. The van der Waals surface area contributed by atoms with Gasteiger partial charge in [0.15, 0.2) is 12.4 Å². The van der Waals surface area contributed by atoms with Crippen molar-refractivity contribution in [2.75, 3.05) is 19.0 Å². The smallest absolute Gasteiger partial charge is 0.422 e. The predicted octanol–water partition coefficient (Wildman–Crippen LogP) is 9.03. The van der Waals surface area contributed by atoms with Gasteiger partial charge in [-0.3, -0.25) is 19.8 Å². The van der Waals surface area contributed by atoms with Crippen LogP contribution in [-0.4, -0.2) is 41.2 Å². The molecule has 0 atom stereocenters. The minimum Gasteiger partial charge on any atom is -0.440 e. The molecule has 6 aromatic rings. The number of fused-ring (bicyclic) bond motifs is 1. The number of ketones is 1. The molecule has 0 saturated carbocycles. The van der Waals surface area contributed by atoms with Crippen LogP contribution in [0.2, 0.25) is 0 Å². The molecule has 0 spiro atoms. The third-order valence-electron chi connectivity index (χ3n) is 8.16. The maximum absolute atomic E-state index is 15.0. The summed E-state index contributed by atoms with van der Waals surface area (Å²) in [5, 5.41) is 2.46. The summed E-state index contributed by atoms with van der Waals surface area (Å²) in [7, 11) is 1.87. The van der Waals surface area contributed by atoms with Gasteiger partial charge < -0.3 is 9.30 Å². The molecule has 0 radical (unpaired) electrons. The van der Waals surface area contributed by atoms with E-state index in [9.17, 15) is 27.6 Å². The number of hydrogen-bond donors (Lipinski definition) is 1. The van der Waals surface area contributed by atoms with Crippen molar-refractivity contribution in [1.82, 2.24) is 9.47 Å². The van der Waals surface area contributed by atoms with Crippen LogP contribution in [0.1, 0.15) is 32.6 Å². The first-order valence-electron chi connectivity index (χ1n) is 15.9. The van der Waals surface area contributed by atoms with Gasteiger partial charge in [0.1, 0.15) is 16.5 Å². The van der Waals surface area contributed by atoms with Crippen molar-refractivity contribution < 1.29 is 36.3 Å². The summed E-state index contributed by atoms with van der Waals surface area (Å²) in [5.41, 5.74) is 1.58. The molecule has 6 rings (SSSR count). The number of amides is 1. The SMILES string of the molecule is CN(Cc1ccccc1)Cc1c(-c2ccc(NC(=O)OCC(F)(F)F)cc2)sc2c1c(=O)c(C(=O)c1ccccc1)cn2Cc1c(F)cccc1F. The molecular formula is C39H30F5N3O4S. The molecule has 52 heavy (non-hydrogen) atoms. The molecule has 4 aromatic carbocycles. The van der Waals surface area contributed by atoms with Gasteiger partial charge in [0.2, 0.25) is 5.43 Å². The number of hydrogen-bond acceptors (Lipinski definition) is 6. The summed E-state index contributed by atoms with van der Waals surface area (Å²) in [6, 6.07) is 27.5. The van der Waals surface area contributed by atoms with Crippen molar-refractivity contribution in [3.05, 3.63) is 159 Å². The Labute approximate surface area is 298 Å². The van der Waals surface area contributed by atoms with Gasteiger partial charge in [0, 0.05) is 41.0 Å². The molecule has 0 saturated heterocycles. The molecular weight excluding hydrogens is 702 g/mol. The molecule has 0 aliphatic rings. The van der Waals surface area contributed by atoms with Crippen molar-refractivity contribution in [3.8, 4) is 10.4 Å². The fraction of sp³-hybridized carbons (Fsp3) is 0.154. The molecule has 2 aromatic heterocycles. The van der Waals surface area contributed by atoms with Crippen molar-refractivity contribution in [2.45, 2.75) is 25.8 Å². The van der Waals surface area contributed by atoms with E-state index in [0.29, 0.717) is 27.4 Å². The van der Waals surface area contributed by atoms with Crippen LogP contribution >= 0.6 is 11.3 Å². The number of alkyl halides is 3. The summed E-state index contributed by atoms with van der Waals surface area (Å²) in [4.78, 5) is 43.2. The second kappa shape index (κ2) is 15.3. The monoisotopic (exact) mass is 731 g/mol. The molecule has 0 aliphatic heterocycles. The van der Waals surface area contributed by atoms with E-state index in [1.807, 2.05) is 42.3 Å². The number of anilines is 1. The quantitative estimate of drug-likeness (QED) is 0.106. The average Bonchev–Trinajstić information content (AvgIpc) is 3.50. The van der Waals surface area contributed by atoms with Crippen LogP contribution in [0.15, 0.2) is 114 Å². The van der Waals surface area contributed by atoms with Gasteiger partial charge in [0.05, 0.1) is 17.5 Å². The lowest BCUT2D eigenvalue weighted by atomic mass is 10.00. The van der Waals surface area contributed by atoms with Crippen molar-refractivity contribution >= 4 is 39.1 Å². The van der Waals surface area contributed by atoms with E-state index < -0.39 is 41.7 Å². The first-order chi connectivity index (χ1) is 24.9. The standard InChI is InChI=1S/C39H30F5N3O4S/c1-46(19-24-9-4-2-5-10-24)20-29-33-35(49)30(34(48)25-11-6-3-7-12-25)22-47(21-28-31(40)13-8-14-32(28)41)37(33)52-36(29)26-15-17-27(18-16-26)45-38(50)51-23-39(42,43)44/h2-18,22H,19-21,23H2,1H3,(H,45,50). The number of carbonyl (C=O) groups is 2. The number of rotatable bonds is 11. The second-order valence-electron chi connectivity index (χ2n) is 12.0. The Morgan fingerprint density at radius 2 is 1.46 bits per heavy atom. The first kappa shape index (κ1) is 36.1. The Bertz CT molecular complexity index is 2270. The Balaban J connectivity index is 1.50. The third-order valence-corrected chi connectivity index (χ3v) is 9.48. The number of thiophene rings is 1. The van der Waals surface area contributed by atoms with Gasteiger partial charge in [0.25, 0.3) is 0 Å². The summed E-state index contributed by atoms with van der Waals surface area (Å²) in [6.45, 7) is -1.35. The normalized spacial score (nSPS) is 11.6. The van der Waals surface area contributed by atoms with E-state index >= 15 is 8.78 Å². The highest BCUT2D eigenvalue weighted by Crippen LogP contribution is 2.39. The molecule has 1 N–H and O–H groups in total. The summed E-state index contributed by atoms with van der Waals surface area (Å²) in [6.07, 6.45) is -4.64. The van der Waals surface area contributed by atoms with Gasteiger partial charge in [-0.2, -0.15) is 13.2 Å². The second-order valence-corrected chi connectivity index (χ2v) is 13.0. The Morgan fingerprint density at radius 3 is 2.10 bits per heavy atom. The lowest BCUT2D eigenvalue weighted by molar-refractivity contribution is -0.159. The zero-order valence-corrected chi connectivity index (χ0v) is 28.4. The summed E-state index contributed by atoms with van der Waals surface area (Å²) < 4.78 is 73.4. The highest BCUT2D eigenvalue weighted by Gasteiger charge is 2.30. The van der Waals surface area contributed by atoms with Crippen LogP contribution in [-0.2, 0) is 24.4 Å². The largest absolute Gasteiger partial charge is 0.440 e. The van der Waals surface area contributed by atoms with Gasteiger partial charge in [-0.15, -0.1) is 11.3 Å². The Morgan fingerprint density at radius 1 is 0.827 bits per heavy atom. The van der Waals surface area contributed by atoms with Crippen molar-refractivity contribution in [1.29, 1.82) is 0 Å². The molecule has 1 amide bonds. The van der Waals surface area contributed by atoms with Crippen LogP contribution in [0.3, 0.4) is 0 Å². The van der Waals surface area contributed by atoms with Gasteiger partial charge in [-0.1, -0.05) is 78.9 Å². The summed E-state index contributed by atoms with van der Waals surface area (Å²) in [5.74, 6) is -2.14. The van der Waals surface area contributed by atoms with E-state index in [-0.39, 0.29) is 40.9 Å². The zero-order chi connectivity index (χ0) is 37.0. The number of pyridine rings is 1. The topological polar surface area (TPSA) is 80.6 Å². The number of carbonyl (C=O) groups excluding carboxylic acids is 2. The average molecular weight is 732 g/mol. The van der Waals surface area contributed by atoms with E-state index in [0.717, 1.165) is 17.7 Å². The Kier molecular flexibility index (Phi) is 10.6. The van der Waals surface area contributed by atoms with Crippen LogP contribution in [0, 0.1) is 11.6 Å². The molecule has 266 valence electrons. The number of aromatic nitrogens is 1. The predicted molar refractivity (Wildman–Crippen MR) is 189 cm³/mol. The first-order valence-corrected chi connectivity index (χ1v) is 16.7. The minimum atomic E-state index is -4.69. The number of benzene rings is 4. The van der Waals surface area contributed by atoms with E-state index in [2.05, 4.69) is 10.1 Å². The van der Waals surface area contributed by atoms with Gasteiger partial charge in [-0.05, 0) is 48.0 Å². The fourth-order valence-corrected chi connectivity index (χ4v) is 7.07. The van der Waals surface area contributed by atoms with Crippen molar-refractivity contribution in [3.63, 3.8) is 0 Å². The highest BCUT2D eigenvalue weighted by molar-refractivity contribution is 7.22. The number of nitrogens with zero attached hydrogens (tertiary/aromatic N) is 2. The van der Waals surface area contributed by atoms with E-state index in [1.165, 1.54) is 40.3 Å². The van der Waals surface area contributed by atoms with Crippen LogP contribution < -0.4 is 10.7 Å². The van der Waals surface area contributed by atoms with E-state index in [1.54, 1.807) is 42.5 Å². The van der Waals surface area contributed by atoms with Crippen LogP contribution in [0.4, 0.5) is 32.4 Å². The lowest BCUT2D eigenvalue weighted by Gasteiger charge is -2.18. The molecule has 13 heteroatoms. The van der Waals surface area contributed by atoms with Gasteiger partial charge >= 0.3 is 12.3 Å². The number of nitrogens with one attached hydrogen (secondary N) is 1. The van der Waals surface area contributed by atoms with Gasteiger partial charge in [-0.25, -0.2) is 13.6 Å². The molecule has 0 aliphatic carbocycles. The summed E-state index contributed by atoms with van der Waals surface area (Å²) >= 11 is 1.19. The molecule has 7 nitrogen and oxygen atoms in total. The maximum atomic E-state index is 15.0. The molecule has 0 unspecified atom stereocenters. The van der Waals surface area contributed by atoms with Crippen LogP contribution in [0.25, 0.3) is 20.7 Å². The minimum absolute atomic E-state index is 0.158. The van der Waals surface area contributed by atoms with Crippen LogP contribution in [0.5, 0.6) is 0 Å². The maximum Gasteiger partial charge on any atom is 0.422 e. The highest BCUT2D eigenvalue weighted by atomic mass is 32.1.